The third-order valence-electron chi connectivity index (χ3n) is 7.65. The van der Waals surface area contributed by atoms with Crippen LogP contribution in [0.3, 0.4) is 0 Å². The van der Waals surface area contributed by atoms with E-state index in [2.05, 4.69) is 25.5 Å². The van der Waals surface area contributed by atoms with E-state index in [-0.39, 0.29) is 30.5 Å². The van der Waals surface area contributed by atoms with Crippen molar-refractivity contribution in [3.05, 3.63) is 23.4 Å². The Balaban J connectivity index is 1.21. The number of nitrogens with one attached hydrogen (secondary N) is 2. The highest BCUT2D eigenvalue weighted by Crippen LogP contribution is 2.44. The number of nitrogens with zero attached hydrogens (tertiary/aromatic N) is 4. The summed E-state index contributed by atoms with van der Waals surface area (Å²) in [6, 6.07) is 1.69. The molecule has 0 aromatic carbocycles. The van der Waals surface area contributed by atoms with Crippen molar-refractivity contribution in [1.29, 1.82) is 0 Å². The van der Waals surface area contributed by atoms with Crippen molar-refractivity contribution in [1.82, 2.24) is 20.2 Å². The van der Waals surface area contributed by atoms with Crippen molar-refractivity contribution in [2.75, 3.05) is 36.5 Å². The summed E-state index contributed by atoms with van der Waals surface area (Å²) >= 11 is 0. The average Bonchev–Trinajstić information content (AvgIpc) is 3.40. The summed E-state index contributed by atoms with van der Waals surface area (Å²) in [5.41, 5.74) is 0.647. The summed E-state index contributed by atoms with van der Waals surface area (Å²) in [5.74, 6) is -0.347. The third-order valence-corrected chi connectivity index (χ3v) is 7.65. The molecule has 0 spiro atoms. The highest BCUT2D eigenvalue weighted by Gasteiger charge is 2.41. The van der Waals surface area contributed by atoms with Crippen LogP contribution >= 0.6 is 0 Å². The topological polar surface area (TPSA) is 79.0 Å². The molecule has 0 bridgehead atoms. The molecule has 33 heavy (non-hydrogen) atoms. The first-order valence-electron chi connectivity index (χ1n) is 12.1. The Morgan fingerprint density at radius 3 is 2.45 bits per heavy atom. The SMILES string of the molecule is Fc1c(Nc2cc(C3CCC(F)(F)C3)[nH]n2)nc(C2CC2)nc1N1CCC(C2COC2)CC1. The summed E-state index contributed by atoms with van der Waals surface area (Å²) in [6.45, 7) is 3.22. The molecule has 2 aliphatic carbocycles. The second-order valence-corrected chi connectivity index (χ2v) is 10.1. The van der Waals surface area contributed by atoms with Crippen molar-refractivity contribution in [2.24, 2.45) is 11.8 Å². The Morgan fingerprint density at radius 1 is 1.03 bits per heavy atom. The molecule has 2 N–H and O–H groups in total. The molecular weight excluding hydrogens is 433 g/mol. The Bertz CT molecular complexity index is 1010. The smallest absolute Gasteiger partial charge is 0.248 e. The van der Waals surface area contributed by atoms with E-state index in [9.17, 15) is 8.78 Å². The summed E-state index contributed by atoms with van der Waals surface area (Å²) in [7, 11) is 0. The first-order valence-corrected chi connectivity index (χ1v) is 12.1. The number of anilines is 3. The van der Waals surface area contributed by atoms with Gasteiger partial charge in [-0.2, -0.15) is 9.49 Å². The number of piperidine rings is 1. The molecule has 1 unspecified atom stereocenters. The number of hydrogen-bond acceptors (Lipinski definition) is 6. The van der Waals surface area contributed by atoms with E-state index in [1.807, 2.05) is 4.90 Å². The normalized spacial score (nSPS) is 25.9. The van der Waals surface area contributed by atoms with Crippen LogP contribution in [0, 0.1) is 17.7 Å². The van der Waals surface area contributed by atoms with Gasteiger partial charge in [-0.3, -0.25) is 5.10 Å². The lowest BCUT2D eigenvalue weighted by Crippen LogP contribution is -2.42. The lowest BCUT2D eigenvalue weighted by Gasteiger charge is -2.40. The van der Waals surface area contributed by atoms with Gasteiger partial charge in [0.15, 0.2) is 17.5 Å². The molecule has 0 amide bonds. The fourth-order valence-electron chi connectivity index (χ4n) is 5.32. The van der Waals surface area contributed by atoms with Crippen LogP contribution in [0.25, 0.3) is 0 Å². The van der Waals surface area contributed by atoms with E-state index in [0.29, 0.717) is 41.4 Å². The molecule has 2 aliphatic heterocycles. The van der Waals surface area contributed by atoms with Gasteiger partial charge in [0, 0.05) is 55.4 Å². The van der Waals surface area contributed by atoms with Crippen LogP contribution in [0.15, 0.2) is 6.07 Å². The average molecular weight is 463 g/mol. The second kappa shape index (κ2) is 8.14. The van der Waals surface area contributed by atoms with Gasteiger partial charge in [0.1, 0.15) is 5.82 Å². The van der Waals surface area contributed by atoms with Crippen molar-refractivity contribution < 1.29 is 17.9 Å². The van der Waals surface area contributed by atoms with Crippen LogP contribution in [0.4, 0.5) is 30.6 Å². The number of aromatic amines is 1. The van der Waals surface area contributed by atoms with Crippen LogP contribution in [0.5, 0.6) is 0 Å². The van der Waals surface area contributed by atoms with E-state index < -0.39 is 11.7 Å². The zero-order chi connectivity index (χ0) is 22.6. The molecule has 178 valence electrons. The highest BCUT2D eigenvalue weighted by atomic mass is 19.3. The fourth-order valence-corrected chi connectivity index (χ4v) is 5.32. The van der Waals surface area contributed by atoms with Gasteiger partial charge in [0.25, 0.3) is 0 Å². The lowest BCUT2D eigenvalue weighted by molar-refractivity contribution is -0.0651. The minimum absolute atomic E-state index is 0.103. The molecule has 4 aliphatic rings. The summed E-state index contributed by atoms with van der Waals surface area (Å²) < 4.78 is 48.1. The maximum Gasteiger partial charge on any atom is 0.248 e. The molecule has 2 saturated carbocycles. The van der Waals surface area contributed by atoms with Gasteiger partial charge in [-0.15, -0.1) is 0 Å². The molecule has 2 saturated heterocycles. The number of hydrogen-bond donors (Lipinski definition) is 2. The molecule has 0 radical (unpaired) electrons. The van der Waals surface area contributed by atoms with Gasteiger partial charge in [-0.25, -0.2) is 18.7 Å². The van der Waals surface area contributed by atoms with E-state index in [1.54, 1.807) is 6.07 Å². The van der Waals surface area contributed by atoms with Crippen LogP contribution < -0.4 is 10.2 Å². The monoisotopic (exact) mass is 462 g/mol. The minimum Gasteiger partial charge on any atom is -0.381 e. The fraction of sp³-hybridized carbons (Fsp3) is 0.696. The molecule has 4 fully saturated rings. The number of halogens is 3. The second-order valence-electron chi connectivity index (χ2n) is 10.1. The molecule has 10 heteroatoms. The molecule has 7 nitrogen and oxygen atoms in total. The third kappa shape index (κ3) is 4.29. The molecule has 2 aromatic rings. The van der Waals surface area contributed by atoms with Crippen LogP contribution in [0.1, 0.15) is 68.3 Å². The van der Waals surface area contributed by atoms with Gasteiger partial charge in [-0.1, -0.05) is 0 Å². The van der Waals surface area contributed by atoms with Crippen LogP contribution in [0.2, 0.25) is 0 Å². The van der Waals surface area contributed by atoms with Gasteiger partial charge < -0.3 is 15.0 Å². The first-order chi connectivity index (χ1) is 15.9. The zero-order valence-electron chi connectivity index (χ0n) is 18.5. The van der Waals surface area contributed by atoms with E-state index in [0.717, 1.165) is 52.0 Å². The Labute approximate surface area is 190 Å². The molecule has 1 atom stereocenters. The van der Waals surface area contributed by atoms with E-state index >= 15 is 4.39 Å². The maximum absolute atomic E-state index is 15.6. The van der Waals surface area contributed by atoms with Crippen molar-refractivity contribution >= 4 is 17.5 Å². The Hall–Kier alpha value is -2.36. The van der Waals surface area contributed by atoms with Crippen LogP contribution in [-0.2, 0) is 4.74 Å². The quantitative estimate of drug-likeness (QED) is 0.647. The van der Waals surface area contributed by atoms with Gasteiger partial charge >= 0.3 is 0 Å². The summed E-state index contributed by atoms with van der Waals surface area (Å²) in [4.78, 5) is 11.1. The lowest BCUT2D eigenvalue weighted by atomic mass is 9.83. The predicted octanol–water partition coefficient (Wildman–Crippen LogP) is 4.73. The maximum atomic E-state index is 15.6. The van der Waals surface area contributed by atoms with Crippen molar-refractivity contribution in [2.45, 2.75) is 62.7 Å². The molecule has 4 heterocycles. The molecule has 2 aromatic heterocycles. The van der Waals surface area contributed by atoms with Gasteiger partial charge in [0.2, 0.25) is 11.7 Å². The van der Waals surface area contributed by atoms with Gasteiger partial charge in [0.05, 0.1) is 13.2 Å². The van der Waals surface area contributed by atoms with Crippen molar-refractivity contribution in [3.8, 4) is 0 Å². The van der Waals surface area contributed by atoms with E-state index in [4.69, 9.17) is 4.74 Å². The highest BCUT2D eigenvalue weighted by molar-refractivity contribution is 5.59. The number of alkyl halides is 2. The summed E-state index contributed by atoms with van der Waals surface area (Å²) in [6.07, 6.45) is 4.15. The van der Waals surface area contributed by atoms with E-state index in [1.165, 1.54) is 0 Å². The molecule has 6 rings (SSSR count). The Morgan fingerprint density at radius 2 is 1.82 bits per heavy atom. The first kappa shape index (κ1) is 21.2. The minimum atomic E-state index is -2.63. The number of aromatic nitrogens is 4. The van der Waals surface area contributed by atoms with Crippen LogP contribution in [-0.4, -0.2) is 52.4 Å². The van der Waals surface area contributed by atoms with Gasteiger partial charge in [-0.05, 0) is 38.0 Å². The predicted molar refractivity (Wildman–Crippen MR) is 117 cm³/mol. The Kier molecular flexibility index (Phi) is 5.23. The standard InChI is InChI=1S/C23H29F3N6O/c24-19-21(27-18-9-17(30-31-18)15-3-6-23(25,26)10-15)28-20(14-1-2-14)29-22(19)32-7-4-13(5-8-32)16-11-33-12-16/h9,13-16H,1-8,10-12H2,(H2,27,28,29,30,31). The number of rotatable bonds is 6. The molecular formula is C23H29F3N6O. The number of ether oxygens (including phenoxy) is 1. The largest absolute Gasteiger partial charge is 0.381 e. The summed E-state index contributed by atoms with van der Waals surface area (Å²) in [5, 5.41) is 10.0. The van der Waals surface area contributed by atoms with Crippen molar-refractivity contribution in [3.63, 3.8) is 0 Å². The number of H-pyrrole nitrogens is 1. The zero-order valence-corrected chi connectivity index (χ0v) is 18.5.